The van der Waals surface area contributed by atoms with Gasteiger partial charge in [0.1, 0.15) is 5.75 Å². The fourth-order valence-corrected chi connectivity index (χ4v) is 1.65. The second-order valence-corrected chi connectivity index (χ2v) is 3.89. The summed E-state index contributed by atoms with van der Waals surface area (Å²) in [7, 11) is 0. The number of benzene rings is 1. The third-order valence-electron chi connectivity index (χ3n) is 2.58. The Hall–Kier alpha value is -1.88. The van der Waals surface area contributed by atoms with Crippen molar-refractivity contribution in [1.82, 2.24) is 10.1 Å². The molecular formula is C13H17N3O2. The van der Waals surface area contributed by atoms with Crippen molar-refractivity contribution in [3.63, 3.8) is 0 Å². The van der Waals surface area contributed by atoms with Crippen LogP contribution in [0.25, 0.3) is 0 Å². The number of para-hydroxylation sites is 1. The molecule has 0 unspecified atom stereocenters. The van der Waals surface area contributed by atoms with Crippen molar-refractivity contribution in [2.75, 3.05) is 6.54 Å². The van der Waals surface area contributed by atoms with Gasteiger partial charge < -0.3 is 15.0 Å². The van der Waals surface area contributed by atoms with E-state index < -0.39 is 0 Å². The molecule has 5 nitrogen and oxygen atoms in total. The van der Waals surface area contributed by atoms with Gasteiger partial charge in [0.05, 0.1) is 0 Å². The Labute approximate surface area is 106 Å². The predicted molar refractivity (Wildman–Crippen MR) is 67.2 cm³/mol. The minimum Gasteiger partial charge on any atom is -0.485 e. The fourth-order valence-electron chi connectivity index (χ4n) is 1.65. The van der Waals surface area contributed by atoms with Gasteiger partial charge in [-0.3, -0.25) is 0 Å². The van der Waals surface area contributed by atoms with Crippen molar-refractivity contribution in [2.45, 2.75) is 26.4 Å². The molecule has 0 aliphatic carbocycles. The molecule has 0 atom stereocenters. The number of aryl methyl sites for hydroxylation is 1. The highest BCUT2D eigenvalue weighted by Gasteiger charge is 2.07. The van der Waals surface area contributed by atoms with Gasteiger partial charge in [0.25, 0.3) is 0 Å². The van der Waals surface area contributed by atoms with E-state index in [2.05, 4.69) is 17.1 Å². The largest absolute Gasteiger partial charge is 0.485 e. The van der Waals surface area contributed by atoms with Gasteiger partial charge in [0.2, 0.25) is 11.7 Å². The van der Waals surface area contributed by atoms with E-state index >= 15 is 0 Å². The summed E-state index contributed by atoms with van der Waals surface area (Å²) in [6.07, 6.45) is 1.53. The summed E-state index contributed by atoms with van der Waals surface area (Å²) in [4.78, 5) is 4.19. The van der Waals surface area contributed by atoms with Gasteiger partial charge in [-0.05, 0) is 18.1 Å². The molecule has 0 aliphatic rings. The van der Waals surface area contributed by atoms with Gasteiger partial charge in [-0.25, -0.2) is 0 Å². The van der Waals surface area contributed by atoms with Gasteiger partial charge in [-0.1, -0.05) is 30.3 Å². The Morgan fingerprint density at radius 2 is 2.17 bits per heavy atom. The van der Waals surface area contributed by atoms with Crippen LogP contribution in [-0.4, -0.2) is 16.7 Å². The van der Waals surface area contributed by atoms with Crippen molar-refractivity contribution in [3.05, 3.63) is 41.5 Å². The van der Waals surface area contributed by atoms with Crippen LogP contribution in [0, 0.1) is 0 Å². The quantitative estimate of drug-likeness (QED) is 0.841. The normalized spacial score (nSPS) is 10.6. The first kappa shape index (κ1) is 12.6. The summed E-state index contributed by atoms with van der Waals surface area (Å²) in [6, 6.07) is 7.94. The molecule has 5 heteroatoms. The minimum atomic E-state index is 0.311. The molecule has 0 spiro atoms. The maximum Gasteiger partial charge on any atom is 0.228 e. The lowest BCUT2D eigenvalue weighted by Gasteiger charge is -2.07. The van der Waals surface area contributed by atoms with Crippen LogP contribution in [0.2, 0.25) is 0 Å². The zero-order chi connectivity index (χ0) is 12.8. The molecule has 0 aliphatic heterocycles. The molecule has 0 saturated heterocycles. The van der Waals surface area contributed by atoms with Gasteiger partial charge in [0.15, 0.2) is 6.61 Å². The van der Waals surface area contributed by atoms with Gasteiger partial charge >= 0.3 is 0 Å². The van der Waals surface area contributed by atoms with Crippen LogP contribution in [0.4, 0.5) is 0 Å². The number of ether oxygens (including phenoxy) is 1. The molecule has 0 saturated carbocycles. The van der Waals surface area contributed by atoms with E-state index in [1.54, 1.807) is 0 Å². The highest BCUT2D eigenvalue weighted by Crippen LogP contribution is 2.19. The maximum absolute atomic E-state index is 5.69. The van der Waals surface area contributed by atoms with E-state index in [0.717, 1.165) is 12.2 Å². The lowest BCUT2D eigenvalue weighted by atomic mass is 10.1. The molecular weight excluding hydrogens is 230 g/mol. The van der Waals surface area contributed by atoms with E-state index in [0.29, 0.717) is 31.3 Å². The summed E-state index contributed by atoms with van der Waals surface area (Å²) in [5, 5.41) is 3.84. The molecule has 1 aromatic heterocycles. The zero-order valence-corrected chi connectivity index (χ0v) is 10.4. The first-order valence-corrected chi connectivity index (χ1v) is 6.05. The van der Waals surface area contributed by atoms with Crippen molar-refractivity contribution in [3.8, 4) is 5.75 Å². The lowest BCUT2D eigenvalue weighted by Crippen LogP contribution is -2.03. The number of nitrogens with two attached hydrogens (primary N) is 1. The molecule has 1 heterocycles. The molecule has 96 valence electrons. The monoisotopic (exact) mass is 247 g/mol. The molecule has 1 aromatic carbocycles. The standard InChI is InChI=1S/C13H17N3O2/c1-2-10-5-3-4-6-11(10)17-9-12-15-13(7-8-14)18-16-12/h3-6H,2,7-9,14H2,1H3. The number of rotatable bonds is 6. The Bertz CT molecular complexity index is 496. The van der Waals surface area contributed by atoms with Crippen LogP contribution in [0.5, 0.6) is 5.75 Å². The first-order valence-electron chi connectivity index (χ1n) is 6.05. The summed E-state index contributed by atoms with van der Waals surface area (Å²) < 4.78 is 10.7. The topological polar surface area (TPSA) is 74.2 Å². The lowest BCUT2D eigenvalue weighted by molar-refractivity contribution is 0.282. The second-order valence-electron chi connectivity index (χ2n) is 3.89. The number of hydrogen-bond acceptors (Lipinski definition) is 5. The molecule has 0 amide bonds. The maximum atomic E-state index is 5.69. The molecule has 0 radical (unpaired) electrons. The Morgan fingerprint density at radius 1 is 1.33 bits per heavy atom. The fraction of sp³-hybridized carbons (Fsp3) is 0.385. The van der Waals surface area contributed by atoms with E-state index in [1.807, 2.05) is 24.3 Å². The number of hydrogen-bond donors (Lipinski definition) is 1. The Balaban J connectivity index is 1.97. The van der Waals surface area contributed by atoms with Gasteiger partial charge in [-0.15, -0.1) is 0 Å². The van der Waals surface area contributed by atoms with Crippen molar-refractivity contribution >= 4 is 0 Å². The van der Waals surface area contributed by atoms with Crippen LogP contribution in [-0.2, 0) is 19.4 Å². The Kier molecular flexibility index (Phi) is 4.30. The van der Waals surface area contributed by atoms with Crippen molar-refractivity contribution in [1.29, 1.82) is 0 Å². The Morgan fingerprint density at radius 3 is 2.94 bits per heavy atom. The van der Waals surface area contributed by atoms with Crippen LogP contribution in [0.1, 0.15) is 24.2 Å². The van der Waals surface area contributed by atoms with Crippen LogP contribution in [0.15, 0.2) is 28.8 Å². The summed E-state index contributed by atoms with van der Waals surface area (Å²) in [6.45, 7) is 2.90. The van der Waals surface area contributed by atoms with E-state index in [4.69, 9.17) is 15.0 Å². The number of nitrogens with zero attached hydrogens (tertiary/aromatic N) is 2. The molecule has 0 fully saturated rings. The smallest absolute Gasteiger partial charge is 0.228 e. The molecule has 2 aromatic rings. The van der Waals surface area contributed by atoms with Crippen LogP contribution < -0.4 is 10.5 Å². The van der Waals surface area contributed by atoms with Crippen molar-refractivity contribution in [2.24, 2.45) is 5.73 Å². The zero-order valence-electron chi connectivity index (χ0n) is 10.4. The van der Waals surface area contributed by atoms with Crippen LogP contribution >= 0.6 is 0 Å². The SMILES string of the molecule is CCc1ccccc1OCc1noc(CCN)n1. The van der Waals surface area contributed by atoms with E-state index in [9.17, 15) is 0 Å². The third-order valence-corrected chi connectivity index (χ3v) is 2.58. The number of aromatic nitrogens is 2. The van der Waals surface area contributed by atoms with E-state index in [1.165, 1.54) is 5.56 Å². The van der Waals surface area contributed by atoms with Crippen LogP contribution in [0.3, 0.4) is 0 Å². The average Bonchev–Trinajstić information content (AvgIpc) is 2.85. The minimum absolute atomic E-state index is 0.311. The average molecular weight is 247 g/mol. The predicted octanol–water partition coefficient (Wildman–Crippen LogP) is 1.71. The highest BCUT2D eigenvalue weighted by molar-refractivity contribution is 5.33. The van der Waals surface area contributed by atoms with Crippen molar-refractivity contribution < 1.29 is 9.26 Å². The molecule has 0 bridgehead atoms. The third kappa shape index (κ3) is 3.07. The second kappa shape index (κ2) is 6.16. The first-order chi connectivity index (χ1) is 8.83. The van der Waals surface area contributed by atoms with Gasteiger partial charge in [-0.2, -0.15) is 4.98 Å². The van der Waals surface area contributed by atoms with Gasteiger partial charge in [0, 0.05) is 13.0 Å². The van der Waals surface area contributed by atoms with E-state index in [-0.39, 0.29) is 0 Å². The molecule has 2 rings (SSSR count). The summed E-state index contributed by atoms with van der Waals surface area (Å²) in [5.74, 6) is 1.97. The highest BCUT2D eigenvalue weighted by atomic mass is 16.5. The molecule has 18 heavy (non-hydrogen) atoms. The molecule has 2 N–H and O–H groups in total. The summed E-state index contributed by atoms with van der Waals surface area (Å²) in [5.41, 5.74) is 6.58. The summed E-state index contributed by atoms with van der Waals surface area (Å²) >= 11 is 0.